The molecule has 0 heterocycles. The van der Waals surface area contributed by atoms with Crippen molar-refractivity contribution in [3.63, 3.8) is 0 Å². The highest BCUT2D eigenvalue weighted by Crippen LogP contribution is 2.34. The minimum Gasteiger partial charge on any atom is -0.355 e. The summed E-state index contributed by atoms with van der Waals surface area (Å²) < 4.78 is 0. The van der Waals surface area contributed by atoms with E-state index in [2.05, 4.69) is 12.2 Å². The Morgan fingerprint density at radius 3 is 2.35 bits per heavy atom. The number of amides is 1. The molecule has 1 saturated carbocycles. The van der Waals surface area contributed by atoms with E-state index in [1.54, 1.807) is 0 Å². The zero-order valence-corrected chi connectivity index (χ0v) is 13.0. The lowest BCUT2D eigenvalue weighted by Crippen LogP contribution is -2.39. The minimum atomic E-state index is -0.156. The summed E-state index contributed by atoms with van der Waals surface area (Å²) in [6.07, 6.45) is 7.82. The molecule has 0 unspecified atom stereocenters. The second kappa shape index (κ2) is 7.12. The molecule has 0 atom stereocenters. The summed E-state index contributed by atoms with van der Waals surface area (Å²) in [5, 5.41) is 3.87. The lowest BCUT2D eigenvalue weighted by Gasteiger charge is -2.26. The molecular weight excluding hydrogens is 270 g/mol. The normalized spacial score (nSPS) is 18.3. The van der Waals surface area contributed by atoms with Gasteiger partial charge in [-0.3, -0.25) is 4.79 Å². The maximum Gasteiger partial charge on any atom is 0.225 e. The number of carbonyl (C=O) groups excluding carboxylic acids is 1. The van der Waals surface area contributed by atoms with Crippen molar-refractivity contribution in [1.29, 1.82) is 0 Å². The lowest BCUT2D eigenvalue weighted by molar-refractivity contribution is -0.130. The average molecular weight is 294 g/mol. The van der Waals surface area contributed by atoms with Crippen LogP contribution in [0.2, 0.25) is 5.02 Å². The maximum absolute atomic E-state index is 12.4. The van der Waals surface area contributed by atoms with Gasteiger partial charge in [-0.2, -0.15) is 0 Å². The number of hydrogen-bond acceptors (Lipinski definition) is 1. The molecule has 1 aliphatic carbocycles. The second-order valence-corrected chi connectivity index (χ2v) is 6.54. The SMILES string of the molecule is CC1(C(=O)NCCc2ccc(Cl)cc2)CCCCCC1. The van der Waals surface area contributed by atoms with E-state index < -0.39 is 0 Å². The Bertz CT molecular complexity index is 433. The molecule has 3 heteroatoms. The van der Waals surface area contributed by atoms with Crippen LogP contribution in [-0.4, -0.2) is 12.5 Å². The Kier molecular flexibility index (Phi) is 5.47. The van der Waals surface area contributed by atoms with Crippen LogP contribution in [0.15, 0.2) is 24.3 Å². The van der Waals surface area contributed by atoms with Gasteiger partial charge in [0.15, 0.2) is 0 Å². The molecule has 0 aliphatic heterocycles. The smallest absolute Gasteiger partial charge is 0.225 e. The van der Waals surface area contributed by atoms with Crippen molar-refractivity contribution in [3.8, 4) is 0 Å². The van der Waals surface area contributed by atoms with Gasteiger partial charge in [0.25, 0.3) is 0 Å². The summed E-state index contributed by atoms with van der Waals surface area (Å²) in [5.74, 6) is 0.230. The van der Waals surface area contributed by atoms with E-state index in [9.17, 15) is 4.79 Å². The Hall–Kier alpha value is -1.02. The average Bonchev–Trinajstić information content (AvgIpc) is 2.67. The van der Waals surface area contributed by atoms with Gasteiger partial charge in [-0.15, -0.1) is 0 Å². The molecule has 0 saturated heterocycles. The van der Waals surface area contributed by atoms with Crippen LogP contribution < -0.4 is 5.32 Å². The minimum absolute atomic E-state index is 0.156. The third-order valence-electron chi connectivity index (χ3n) is 4.37. The predicted molar refractivity (Wildman–Crippen MR) is 84.0 cm³/mol. The van der Waals surface area contributed by atoms with Gasteiger partial charge in [0.05, 0.1) is 0 Å². The first-order valence-corrected chi connectivity index (χ1v) is 8.01. The molecule has 2 nitrogen and oxygen atoms in total. The fourth-order valence-electron chi connectivity index (χ4n) is 2.92. The van der Waals surface area contributed by atoms with Crippen molar-refractivity contribution in [2.45, 2.75) is 51.9 Å². The summed E-state index contributed by atoms with van der Waals surface area (Å²) in [6.45, 7) is 2.83. The van der Waals surface area contributed by atoms with Crippen molar-refractivity contribution in [1.82, 2.24) is 5.32 Å². The first-order valence-electron chi connectivity index (χ1n) is 7.63. The van der Waals surface area contributed by atoms with E-state index in [0.29, 0.717) is 6.54 Å². The van der Waals surface area contributed by atoms with Crippen molar-refractivity contribution < 1.29 is 4.79 Å². The summed E-state index contributed by atoms with van der Waals surface area (Å²) >= 11 is 5.86. The highest BCUT2D eigenvalue weighted by Gasteiger charge is 2.32. The van der Waals surface area contributed by atoms with E-state index in [1.165, 1.54) is 31.2 Å². The molecule has 0 aromatic heterocycles. The first-order chi connectivity index (χ1) is 9.60. The fourth-order valence-corrected chi connectivity index (χ4v) is 3.05. The van der Waals surface area contributed by atoms with Gasteiger partial charge in [0.1, 0.15) is 0 Å². The topological polar surface area (TPSA) is 29.1 Å². The molecule has 1 aromatic rings. The molecule has 1 N–H and O–H groups in total. The van der Waals surface area contributed by atoms with Crippen LogP contribution >= 0.6 is 11.6 Å². The summed E-state index contributed by atoms with van der Waals surface area (Å²) in [7, 11) is 0. The van der Waals surface area contributed by atoms with Crippen LogP contribution in [0.5, 0.6) is 0 Å². The monoisotopic (exact) mass is 293 g/mol. The Labute approximate surface area is 126 Å². The molecule has 0 spiro atoms. The number of nitrogens with one attached hydrogen (secondary N) is 1. The molecule has 1 amide bonds. The lowest BCUT2D eigenvalue weighted by atomic mass is 9.81. The third-order valence-corrected chi connectivity index (χ3v) is 4.62. The Morgan fingerprint density at radius 2 is 1.75 bits per heavy atom. The second-order valence-electron chi connectivity index (χ2n) is 6.11. The van der Waals surface area contributed by atoms with Gasteiger partial charge in [0.2, 0.25) is 5.91 Å². The van der Waals surface area contributed by atoms with Crippen molar-refractivity contribution >= 4 is 17.5 Å². The summed E-state index contributed by atoms with van der Waals surface area (Å²) in [5.41, 5.74) is 1.05. The van der Waals surface area contributed by atoms with E-state index in [-0.39, 0.29) is 11.3 Å². The molecule has 1 aliphatic rings. The van der Waals surface area contributed by atoms with Gasteiger partial charge in [-0.05, 0) is 37.0 Å². The molecule has 20 heavy (non-hydrogen) atoms. The van der Waals surface area contributed by atoms with Gasteiger partial charge in [-0.25, -0.2) is 0 Å². The molecule has 2 rings (SSSR count). The number of rotatable bonds is 4. The largest absolute Gasteiger partial charge is 0.355 e. The molecule has 1 aromatic carbocycles. The first kappa shape index (κ1) is 15.4. The Balaban J connectivity index is 1.80. The van der Waals surface area contributed by atoms with Crippen LogP contribution in [0.3, 0.4) is 0 Å². The molecule has 110 valence electrons. The third kappa shape index (κ3) is 4.24. The quantitative estimate of drug-likeness (QED) is 0.821. The van der Waals surface area contributed by atoms with Gasteiger partial charge < -0.3 is 5.32 Å². The van der Waals surface area contributed by atoms with Crippen LogP contribution in [0.1, 0.15) is 51.0 Å². The van der Waals surface area contributed by atoms with Crippen molar-refractivity contribution in [3.05, 3.63) is 34.9 Å². The number of carbonyl (C=O) groups is 1. The Morgan fingerprint density at radius 1 is 1.15 bits per heavy atom. The maximum atomic E-state index is 12.4. The molecule has 0 radical (unpaired) electrons. The van der Waals surface area contributed by atoms with Gasteiger partial charge in [-0.1, -0.05) is 56.3 Å². The molecule has 0 bridgehead atoms. The summed E-state index contributed by atoms with van der Waals surface area (Å²) in [6, 6.07) is 7.82. The van der Waals surface area contributed by atoms with E-state index in [4.69, 9.17) is 11.6 Å². The van der Waals surface area contributed by atoms with Crippen LogP contribution in [0.25, 0.3) is 0 Å². The predicted octanol–water partition coefficient (Wildman–Crippen LogP) is 4.36. The van der Waals surface area contributed by atoms with Gasteiger partial charge >= 0.3 is 0 Å². The zero-order chi connectivity index (χ0) is 14.4. The highest BCUT2D eigenvalue weighted by atomic mass is 35.5. The molecular formula is C17H24ClNO. The fraction of sp³-hybridized carbons (Fsp3) is 0.588. The summed E-state index contributed by atoms with van der Waals surface area (Å²) in [4.78, 5) is 12.4. The van der Waals surface area contributed by atoms with Gasteiger partial charge in [0, 0.05) is 17.0 Å². The van der Waals surface area contributed by atoms with Crippen LogP contribution in [0.4, 0.5) is 0 Å². The molecule has 1 fully saturated rings. The van der Waals surface area contributed by atoms with Crippen LogP contribution in [0, 0.1) is 5.41 Å². The number of halogens is 1. The highest BCUT2D eigenvalue weighted by molar-refractivity contribution is 6.30. The van der Waals surface area contributed by atoms with Crippen molar-refractivity contribution in [2.75, 3.05) is 6.54 Å². The van der Waals surface area contributed by atoms with Crippen molar-refractivity contribution in [2.24, 2.45) is 5.41 Å². The van der Waals surface area contributed by atoms with E-state index in [0.717, 1.165) is 24.3 Å². The standard InChI is InChI=1S/C17H24ClNO/c1-17(11-4-2-3-5-12-17)16(20)19-13-10-14-6-8-15(18)9-7-14/h6-9H,2-5,10-13H2,1H3,(H,19,20). The van der Waals surface area contributed by atoms with E-state index in [1.807, 2.05) is 24.3 Å². The number of hydrogen-bond donors (Lipinski definition) is 1. The zero-order valence-electron chi connectivity index (χ0n) is 12.3. The number of benzene rings is 1. The van der Waals surface area contributed by atoms with Crippen LogP contribution in [-0.2, 0) is 11.2 Å². The van der Waals surface area contributed by atoms with E-state index >= 15 is 0 Å².